The molecule has 11 heavy (non-hydrogen) atoms. The molecule has 3 heteroatoms. The Morgan fingerprint density at radius 1 is 1.64 bits per heavy atom. The van der Waals surface area contributed by atoms with Crippen molar-refractivity contribution in [3.05, 3.63) is 0 Å². The molecule has 1 N–H and O–H groups in total. The second-order valence-corrected chi connectivity index (χ2v) is 2.36. The lowest BCUT2D eigenvalue weighted by Crippen LogP contribution is -2.23. The molecule has 0 aromatic rings. The highest BCUT2D eigenvalue weighted by Gasteiger charge is 1.97. The summed E-state index contributed by atoms with van der Waals surface area (Å²) in [6.07, 6.45) is 2.75. The molecule has 0 aliphatic rings. The molecule has 0 aromatic carbocycles. The first-order valence-electron chi connectivity index (χ1n) is 3.95. The van der Waals surface area contributed by atoms with Crippen LogP contribution in [-0.2, 0) is 4.79 Å². The Labute approximate surface area is 67.4 Å². The number of nitriles is 1. The summed E-state index contributed by atoms with van der Waals surface area (Å²) in [7, 11) is 0. The van der Waals surface area contributed by atoms with E-state index < -0.39 is 0 Å². The summed E-state index contributed by atoms with van der Waals surface area (Å²) in [5.41, 5.74) is 0. The number of unbranched alkanes of at least 4 members (excludes halogenated alkanes) is 1. The molecule has 3 nitrogen and oxygen atoms in total. The van der Waals surface area contributed by atoms with Crippen LogP contribution in [0.1, 0.15) is 32.6 Å². The van der Waals surface area contributed by atoms with Crippen molar-refractivity contribution < 1.29 is 4.79 Å². The van der Waals surface area contributed by atoms with Crippen molar-refractivity contribution in [3.8, 4) is 6.07 Å². The average Bonchev–Trinajstić information content (AvgIpc) is 2.01. The third-order valence-corrected chi connectivity index (χ3v) is 1.32. The summed E-state index contributed by atoms with van der Waals surface area (Å²) in [5.74, 6) is -0.0139. The Hall–Kier alpha value is -1.04. The minimum absolute atomic E-state index is 0.0139. The van der Waals surface area contributed by atoms with Gasteiger partial charge in [-0.25, -0.2) is 0 Å². The summed E-state index contributed by atoms with van der Waals surface area (Å²) < 4.78 is 0. The van der Waals surface area contributed by atoms with Gasteiger partial charge in [0.05, 0.1) is 6.07 Å². The fourth-order valence-corrected chi connectivity index (χ4v) is 0.662. The second-order valence-electron chi connectivity index (χ2n) is 2.36. The van der Waals surface area contributed by atoms with Crippen molar-refractivity contribution in [2.75, 3.05) is 6.54 Å². The van der Waals surface area contributed by atoms with E-state index in [2.05, 4.69) is 12.2 Å². The van der Waals surface area contributed by atoms with Gasteiger partial charge >= 0.3 is 0 Å². The monoisotopic (exact) mass is 154 g/mol. The van der Waals surface area contributed by atoms with Gasteiger partial charge in [-0.2, -0.15) is 5.26 Å². The molecule has 0 atom stereocenters. The molecule has 0 aliphatic carbocycles. The van der Waals surface area contributed by atoms with Crippen molar-refractivity contribution in [2.45, 2.75) is 32.6 Å². The van der Waals surface area contributed by atoms with Crippen molar-refractivity contribution in [2.24, 2.45) is 0 Å². The summed E-state index contributed by atoms with van der Waals surface area (Å²) in [4.78, 5) is 10.8. The molecule has 0 aliphatic heterocycles. The van der Waals surface area contributed by atoms with E-state index in [1.54, 1.807) is 0 Å². The van der Waals surface area contributed by atoms with Gasteiger partial charge in [0, 0.05) is 19.4 Å². The highest BCUT2D eigenvalue weighted by atomic mass is 16.1. The number of hydrogen-bond acceptors (Lipinski definition) is 2. The van der Waals surface area contributed by atoms with Crippen LogP contribution in [0, 0.1) is 11.3 Å². The van der Waals surface area contributed by atoms with Crippen LogP contribution in [0.2, 0.25) is 0 Å². The van der Waals surface area contributed by atoms with E-state index in [9.17, 15) is 4.79 Å². The largest absolute Gasteiger partial charge is 0.356 e. The highest BCUT2D eigenvalue weighted by molar-refractivity contribution is 5.75. The minimum Gasteiger partial charge on any atom is -0.356 e. The van der Waals surface area contributed by atoms with Crippen LogP contribution in [0.25, 0.3) is 0 Å². The number of carbonyl (C=O) groups excluding carboxylic acids is 1. The van der Waals surface area contributed by atoms with Gasteiger partial charge in [0.1, 0.15) is 0 Å². The van der Waals surface area contributed by atoms with E-state index in [4.69, 9.17) is 5.26 Å². The molecule has 0 radical (unpaired) electrons. The van der Waals surface area contributed by atoms with Gasteiger partial charge in [-0.3, -0.25) is 4.79 Å². The normalized spacial score (nSPS) is 8.73. The Balaban J connectivity index is 3.17. The van der Waals surface area contributed by atoms with E-state index in [1.165, 1.54) is 0 Å². The number of nitrogens with zero attached hydrogens (tertiary/aromatic N) is 1. The van der Waals surface area contributed by atoms with E-state index in [0.29, 0.717) is 12.8 Å². The minimum atomic E-state index is -0.0139. The van der Waals surface area contributed by atoms with Crippen LogP contribution in [0.5, 0.6) is 0 Å². The summed E-state index contributed by atoms with van der Waals surface area (Å²) in [5, 5.41) is 10.9. The van der Waals surface area contributed by atoms with Gasteiger partial charge in [-0.05, 0) is 6.42 Å². The lowest BCUT2D eigenvalue weighted by atomic mass is 10.3. The first-order chi connectivity index (χ1) is 5.31. The maximum Gasteiger partial charge on any atom is 0.221 e. The molecule has 0 saturated carbocycles. The van der Waals surface area contributed by atoms with E-state index in [0.717, 1.165) is 19.4 Å². The summed E-state index contributed by atoms with van der Waals surface area (Å²) in [6, 6.07) is 1.93. The van der Waals surface area contributed by atoms with Crippen LogP contribution in [0.4, 0.5) is 0 Å². The van der Waals surface area contributed by atoms with Gasteiger partial charge in [-0.15, -0.1) is 0 Å². The van der Waals surface area contributed by atoms with Crippen LogP contribution in [0.15, 0.2) is 0 Å². The number of amides is 1. The van der Waals surface area contributed by atoms with Crippen molar-refractivity contribution in [1.29, 1.82) is 5.26 Å². The fraction of sp³-hybridized carbons (Fsp3) is 0.750. The SMILES string of the molecule is CCCCNC(=O)CCC#N. The zero-order valence-corrected chi connectivity index (χ0v) is 6.89. The maximum atomic E-state index is 10.8. The van der Waals surface area contributed by atoms with Crippen molar-refractivity contribution in [3.63, 3.8) is 0 Å². The third-order valence-electron chi connectivity index (χ3n) is 1.32. The highest BCUT2D eigenvalue weighted by Crippen LogP contribution is 1.87. The number of rotatable bonds is 5. The third kappa shape index (κ3) is 6.85. The fourth-order valence-electron chi connectivity index (χ4n) is 0.662. The predicted molar refractivity (Wildman–Crippen MR) is 42.8 cm³/mol. The van der Waals surface area contributed by atoms with E-state index in [-0.39, 0.29) is 5.91 Å². The standard InChI is InChI=1S/C8H14N2O/c1-2-3-7-10-8(11)5-4-6-9/h2-5,7H2,1H3,(H,10,11). The van der Waals surface area contributed by atoms with Gasteiger partial charge in [-0.1, -0.05) is 13.3 Å². The molecule has 1 amide bonds. The van der Waals surface area contributed by atoms with Gasteiger partial charge in [0.25, 0.3) is 0 Å². The molecule has 62 valence electrons. The van der Waals surface area contributed by atoms with E-state index >= 15 is 0 Å². The summed E-state index contributed by atoms with van der Waals surface area (Å²) >= 11 is 0. The molecular weight excluding hydrogens is 140 g/mol. The van der Waals surface area contributed by atoms with Gasteiger partial charge in [0.2, 0.25) is 5.91 Å². The lowest BCUT2D eigenvalue weighted by Gasteiger charge is -2.00. The Kier molecular flexibility index (Phi) is 6.40. The van der Waals surface area contributed by atoms with Gasteiger partial charge < -0.3 is 5.32 Å². The van der Waals surface area contributed by atoms with Crippen LogP contribution in [-0.4, -0.2) is 12.5 Å². The van der Waals surface area contributed by atoms with Crippen molar-refractivity contribution in [1.82, 2.24) is 5.32 Å². The van der Waals surface area contributed by atoms with Crippen molar-refractivity contribution >= 4 is 5.91 Å². The molecule has 0 rings (SSSR count). The quantitative estimate of drug-likeness (QED) is 0.605. The molecule has 0 spiro atoms. The molecule has 0 aromatic heterocycles. The second kappa shape index (κ2) is 7.07. The topological polar surface area (TPSA) is 52.9 Å². The predicted octanol–water partition coefficient (Wildman–Crippen LogP) is 1.21. The Bertz CT molecular complexity index is 149. The van der Waals surface area contributed by atoms with Gasteiger partial charge in [0.15, 0.2) is 0 Å². The first-order valence-corrected chi connectivity index (χ1v) is 3.95. The number of carbonyl (C=O) groups is 1. The van der Waals surface area contributed by atoms with Crippen LogP contribution >= 0.6 is 0 Å². The zero-order chi connectivity index (χ0) is 8.53. The lowest BCUT2D eigenvalue weighted by molar-refractivity contribution is -0.120. The number of hydrogen-bond donors (Lipinski definition) is 1. The van der Waals surface area contributed by atoms with Crippen LogP contribution in [0.3, 0.4) is 0 Å². The molecule has 0 saturated heterocycles. The maximum absolute atomic E-state index is 10.8. The summed E-state index contributed by atoms with van der Waals surface area (Å²) in [6.45, 7) is 2.81. The first kappa shape index (κ1) is 9.96. The molecular formula is C8H14N2O. The zero-order valence-electron chi connectivity index (χ0n) is 6.89. The Morgan fingerprint density at radius 2 is 2.36 bits per heavy atom. The molecule has 0 heterocycles. The average molecular weight is 154 g/mol. The Morgan fingerprint density at radius 3 is 2.91 bits per heavy atom. The molecule has 0 unspecified atom stereocenters. The van der Waals surface area contributed by atoms with Crippen LogP contribution < -0.4 is 5.32 Å². The number of nitrogens with one attached hydrogen (secondary N) is 1. The molecule has 0 bridgehead atoms. The smallest absolute Gasteiger partial charge is 0.221 e. The molecule has 0 fully saturated rings. The van der Waals surface area contributed by atoms with E-state index in [1.807, 2.05) is 6.07 Å².